The Morgan fingerprint density at radius 1 is 1.20 bits per heavy atom. The lowest BCUT2D eigenvalue weighted by Crippen LogP contribution is -2.22. The molecule has 1 aromatic rings. The Hall–Kier alpha value is -1.82. The molecule has 0 aromatic heterocycles. The molecule has 0 unspecified atom stereocenters. The van der Waals surface area contributed by atoms with Crippen molar-refractivity contribution in [2.24, 2.45) is 0 Å². The van der Waals surface area contributed by atoms with Gasteiger partial charge in [0, 0.05) is 11.8 Å². The summed E-state index contributed by atoms with van der Waals surface area (Å²) in [5.74, 6) is -0.421. The van der Waals surface area contributed by atoms with Crippen LogP contribution in [0.25, 0.3) is 6.08 Å². The first-order chi connectivity index (χ1) is 9.05. The minimum atomic E-state index is -3.28. The zero-order valence-electron chi connectivity index (χ0n) is 12.0. The maximum absolute atomic E-state index is 11.5. The number of sulfonamides is 1. The Morgan fingerprint density at radius 3 is 2.20 bits per heavy atom. The van der Waals surface area contributed by atoms with Crippen LogP contribution in [-0.2, 0) is 19.6 Å². The lowest BCUT2D eigenvalue weighted by atomic mass is 10.2. The van der Waals surface area contributed by atoms with Crippen molar-refractivity contribution in [1.29, 1.82) is 0 Å². The van der Waals surface area contributed by atoms with Gasteiger partial charge in [-0.05, 0) is 44.5 Å². The fourth-order valence-electron chi connectivity index (χ4n) is 1.38. The average molecular weight is 297 g/mol. The molecule has 0 atom stereocenters. The molecule has 0 heterocycles. The fourth-order valence-corrected chi connectivity index (χ4v) is 1.94. The first-order valence-corrected chi connectivity index (χ1v) is 7.93. The molecule has 0 bridgehead atoms. The topological polar surface area (TPSA) is 72.5 Å². The van der Waals surface area contributed by atoms with Crippen molar-refractivity contribution in [3.8, 4) is 0 Å². The summed E-state index contributed by atoms with van der Waals surface area (Å²) in [6, 6.07) is 6.65. The van der Waals surface area contributed by atoms with Gasteiger partial charge in [-0.15, -0.1) is 0 Å². The number of carbonyl (C=O) groups excluding carboxylic acids is 1. The number of ether oxygens (including phenoxy) is 1. The summed E-state index contributed by atoms with van der Waals surface area (Å²) in [4.78, 5) is 11.5. The molecule has 110 valence electrons. The van der Waals surface area contributed by atoms with Gasteiger partial charge in [-0.2, -0.15) is 0 Å². The Kier molecular flexibility index (Phi) is 4.94. The van der Waals surface area contributed by atoms with Crippen LogP contribution in [0.15, 0.2) is 30.3 Å². The highest BCUT2D eigenvalue weighted by Crippen LogP contribution is 2.13. The first kappa shape index (κ1) is 16.2. The summed E-state index contributed by atoms with van der Waals surface area (Å²) in [6.45, 7) is 5.39. The molecule has 1 aromatic carbocycles. The van der Waals surface area contributed by atoms with Crippen molar-refractivity contribution < 1.29 is 17.9 Å². The summed E-state index contributed by atoms with van der Waals surface area (Å²) in [5.41, 5.74) is 0.724. The normalized spacial score (nSPS) is 12.4. The highest BCUT2D eigenvalue weighted by molar-refractivity contribution is 7.92. The van der Waals surface area contributed by atoms with Crippen LogP contribution in [0.5, 0.6) is 0 Å². The molecule has 1 rings (SSSR count). The molecule has 5 nitrogen and oxygen atoms in total. The number of hydrogen-bond donors (Lipinski definition) is 1. The van der Waals surface area contributed by atoms with Crippen molar-refractivity contribution in [1.82, 2.24) is 0 Å². The number of hydrogen-bond acceptors (Lipinski definition) is 4. The van der Waals surface area contributed by atoms with Crippen molar-refractivity contribution in [3.05, 3.63) is 35.9 Å². The second kappa shape index (κ2) is 6.09. The van der Waals surface area contributed by atoms with Gasteiger partial charge in [0.25, 0.3) is 0 Å². The number of anilines is 1. The van der Waals surface area contributed by atoms with E-state index in [9.17, 15) is 13.2 Å². The lowest BCUT2D eigenvalue weighted by Gasteiger charge is -2.17. The Balaban J connectivity index is 2.68. The largest absolute Gasteiger partial charge is 0.457 e. The monoisotopic (exact) mass is 297 g/mol. The van der Waals surface area contributed by atoms with Gasteiger partial charge in [0.2, 0.25) is 10.0 Å². The smallest absolute Gasteiger partial charge is 0.331 e. The van der Waals surface area contributed by atoms with E-state index in [-0.39, 0.29) is 0 Å². The van der Waals surface area contributed by atoms with Crippen molar-refractivity contribution in [2.75, 3.05) is 11.0 Å². The van der Waals surface area contributed by atoms with Gasteiger partial charge in [0.05, 0.1) is 6.26 Å². The van der Waals surface area contributed by atoms with Crippen molar-refractivity contribution >= 4 is 27.8 Å². The van der Waals surface area contributed by atoms with Gasteiger partial charge in [0.1, 0.15) is 5.60 Å². The molecule has 20 heavy (non-hydrogen) atoms. The van der Waals surface area contributed by atoms with E-state index in [2.05, 4.69) is 4.72 Å². The molecular formula is C14H19NO4S. The fraction of sp³-hybridized carbons (Fsp3) is 0.357. The predicted molar refractivity (Wildman–Crippen MR) is 79.8 cm³/mol. The van der Waals surface area contributed by atoms with Crippen LogP contribution in [0, 0.1) is 0 Å². The second-order valence-corrected chi connectivity index (χ2v) is 7.11. The lowest BCUT2D eigenvalue weighted by molar-refractivity contribution is -0.148. The molecule has 1 N–H and O–H groups in total. The summed E-state index contributed by atoms with van der Waals surface area (Å²) in [7, 11) is -3.28. The van der Waals surface area contributed by atoms with E-state index >= 15 is 0 Å². The van der Waals surface area contributed by atoms with Gasteiger partial charge in [-0.1, -0.05) is 12.1 Å². The average Bonchev–Trinajstić information content (AvgIpc) is 2.23. The predicted octanol–water partition coefficient (Wildman–Crippen LogP) is 2.41. The third-order valence-electron chi connectivity index (χ3n) is 2.03. The first-order valence-electron chi connectivity index (χ1n) is 6.04. The van der Waals surface area contributed by atoms with E-state index in [1.54, 1.807) is 51.1 Å². The Bertz CT molecular complexity index is 595. The highest BCUT2D eigenvalue weighted by atomic mass is 32.2. The van der Waals surface area contributed by atoms with Gasteiger partial charge in [0.15, 0.2) is 0 Å². The van der Waals surface area contributed by atoms with E-state index in [1.807, 2.05) is 0 Å². The van der Waals surface area contributed by atoms with Gasteiger partial charge < -0.3 is 4.74 Å². The molecule has 0 saturated carbocycles. The van der Waals surface area contributed by atoms with E-state index in [0.29, 0.717) is 5.69 Å². The number of carbonyl (C=O) groups is 1. The van der Waals surface area contributed by atoms with E-state index in [4.69, 9.17) is 4.74 Å². The molecular weight excluding hydrogens is 278 g/mol. The number of esters is 1. The molecule has 0 aliphatic rings. The van der Waals surface area contributed by atoms with Crippen LogP contribution in [0.3, 0.4) is 0 Å². The number of benzene rings is 1. The Labute approximate surface area is 119 Å². The summed E-state index contributed by atoms with van der Waals surface area (Å²) >= 11 is 0. The van der Waals surface area contributed by atoms with Crippen LogP contribution in [0.1, 0.15) is 26.3 Å². The van der Waals surface area contributed by atoms with Crippen LogP contribution in [0.2, 0.25) is 0 Å². The third-order valence-corrected chi connectivity index (χ3v) is 2.64. The zero-order chi connectivity index (χ0) is 15.4. The SMILES string of the molecule is CC(C)(C)OC(=O)/C=C/c1ccc(NS(C)(=O)=O)cc1. The Morgan fingerprint density at radius 2 is 1.75 bits per heavy atom. The minimum Gasteiger partial charge on any atom is -0.457 e. The highest BCUT2D eigenvalue weighted by Gasteiger charge is 2.13. The maximum atomic E-state index is 11.5. The maximum Gasteiger partial charge on any atom is 0.331 e. The molecule has 0 radical (unpaired) electrons. The molecule has 0 fully saturated rings. The van der Waals surface area contributed by atoms with Crippen molar-refractivity contribution in [3.63, 3.8) is 0 Å². The summed E-state index contributed by atoms with van der Waals surface area (Å²) in [5, 5.41) is 0. The van der Waals surface area contributed by atoms with Crippen LogP contribution < -0.4 is 4.72 Å². The van der Waals surface area contributed by atoms with E-state index in [0.717, 1.165) is 11.8 Å². The molecule has 0 spiro atoms. The van der Waals surface area contributed by atoms with E-state index < -0.39 is 21.6 Å². The number of rotatable bonds is 4. The standard InChI is InChI=1S/C14H19NO4S/c1-14(2,3)19-13(16)10-7-11-5-8-12(9-6-11)15-20(4,17)18/h5-10,15H,1-4H3/b10-7+. The number of nitrogens with one attached hydrogen (secondary N) is 1. The van der Waals surface area contributed by atoms with Crippen LogP contribution in [0.4, 0.5) is 5.69 Å². The molecule has 6 heteroatoms. The van der Waals surface area contributed by atoms with Crippen molar-refractivity contribution in [2.45, 2.75) is 26.4 Å². The molecule has 0 amide bonds. The van der Waals surface area contributed by atoms with Crippen LogP contribution in [-0.4, -0.2) is 26.2 Å². The zero-order valence-corrected chi connectivity index (χ0v) is 12.8. The summed E-state index contributed by atoms with van der Waals surface area (Å²) in [6.07, 6.45) is 4.03. The minimum absolute atomic E-state index is 0.421. The molecule has 0 aliphatic heterocycles. The second-order valence-electron chi connectivity index (χ2n) is 5.36. The van der Waals surface area contributed by atoms with Gasteiger partial charge in [-0.25, -0.2) is 13.2 Å². The quantitative estimate of drug-likeness (QED) is 0.684. The van der Waals surface area contributed by atoms with Gasteiger partial charge in [-0.3, -0.25) is 4.72 Å². The van der Waals surface area contributed by atoms with Gasteiger partial charge >= 0.3 is 5.97 Å². The third kappa shape index (κ3) is 6.94. The van der Waals surface area contributed by atoms with E-state index in [1.165, 1.54) is 6.08 Å². The summed E-state index contributed by atoms with van der Waals surface area (Å²) < 4.78 is 29.6. The van der Waals surface area contributed by atoms with Crippen LogP contribution >= 0.6 is 0 Å². The molecule has 0 aliphatic carbocycles. The molecule has 0 saturated heterocycles.